The van der Waals surface area contributed by atoms with E-state index in [1.807, 2.05) is 29.8 Å². The summed E-state index contributed by atoms with van der Waals surface area (Å²) in [6.45, 7) is 4.65. The first-order valence-electron chi connectivity index (χ1n) is 8.92. The third-order valence-corrected chi connectivity index (χ3v) is 5.78. The molecule has 0 bridgehead atoms. The zero-order valence-corrected chi connectivity index (χ0v) is 15.6. The molecule has 0 radical (unpaired) electrons. The lowest BCUT2D eigenvalue weighted by Crippen LogP contribution is -2.33. The highest BCUT2D eigenvalue weighted by Crippen LogP contribution is 2.32. The van der Waals surface area contributed by atoms with Gasteiger partial charge >= 0.3 is 0 Å². The van der Waals surface area contributed by atoms with Crippen molar-refractivity contribution in [2.75, 3.05) is 6.54 Å². The van der Waals surface area contributed by atoms with E-state index in [1.54, 1.807) is 0 Å². The molecule has 0 spiro atoms. The number of tetrazole rings is 1. The Morgan fingerprint density at radius 2 is 2.00 bits per heavy atom. The van der Waals surface area contributed by atoms with E-state index in [9.17, 15) is 4.79 Å². The van der Waals surface area contributed by atoms with Gasteiger partial charge in [-0.3, -0.25) is 4.79 Å². The molecule has 2 atom stereocenters. The monoisotopic (exact) mass is 359 g/mol. The Hall–Kier alpha value is -1.89. The Morgan fingerprint density at radius 3 is 2.72 bits per heavy atom. The molecule has 0 saturated heterocycles. The number of nitrogens with one attached hydrogen (secondary N) is 1. The third kappa shape index (κ3) is 4.60. The number of benzene rings is 1. The van der Waals surface area contributed by atoms with Gasteiger partial charge in [-0.2, -0.15) is 0 Å². The van der Waals surface area contributed by atoms with Crippen molar-refractivity contribution in [3.05, 3.63) is 35.9 Å². The number of rotatable bonds is 7. The molecule has 1 N–H and O–H groups in total. The summed E-state index contributed by atoms with van der Waals surface area (Å²) in [4.78, 5) is 12.4. The van der Waals surface area contributed by atoms with Crippen molar-refractivity contribution < 1.29 is 4.79 Å². The van der Waals surface area contributed by atoms with Crippen LogP contribution in [0, 0.1) is 0 Å². The van der Waals surface area contributed by atoms with E-state index in [1.165, 1.54) is 30.2 Å². The summed E-state index contributed by atoms with van der Waals surface area (Å²) in [5.74, 6) is 0.305. The largest absolute Gasteiger partial charge is 0.355 e. The van der Waals surface area contributed by atoms with E-state index in [0.717, 1.165) is 18.0 Å². The lowest BCUT2D eigenvalue weighted by atomic mass is 10.0. The number of carbonyl (C=O) groups is 1. The highest BCUT2D eigenvalue weighted by Gasteiger charge is 2.24. The molecule has 1 fully saturated rings. The Bertz CT molecular complexity index is 684. The van der Waals surface area contributed by atoms with E-state index >= 15 is 0 Å². The Labute approximate surface area is 152 Å². The zero-order valence-electron chi connectivity index (χ0n) is 14.8. The first-order valence-corrected chi connectivity index (χ1v) is 9.80. The van der Waals surface area contributed by atoms with Crippen LogP contribution >= 0.6 is 11.8 Å². The average molecular weight is 359 g/mol. The topological polar surface area (TPSA) is 72.7 Å². The molecule has 1 amide bonds. The minimum Gasteiger partial charge on any atom is -0.355 e. The van der Waals surface area contributed by atoms with Gasteiger partial charge in [-0.25, -0.2) is 4.68 Å². The molecule has 1 aliphatic carbocycles. The fraction of sp³-hybridized carbons (Fsp3) is 0.556. The Balaban J connectivity index is 1.52. The quantitative estimate of drug-likeness (QED) is 0.769. The van der Waals surface area contributed by atoms with Crippen LogP contribution < -0.4 is 5.32 Å². The first-order chi connectivity index (χ1) is 12.1. The number of amides is 1. The molecule has 1 aromatic carbocycles. The zero-order chi connectivity index (χ0) is 17.6. The molecule has 0 unspecified atom stereocenters. The standard InChI is InChI=1S/C18H25N5OS/c1-13(15-8-4-3-5-9-15)12-19-17(24)14(2)25-18-20-21-22-23(18)16-10-6-7-11-16/h3-5,8-9,13-14,16H,6-7,10-12H2,1-2H3,(H,19,24)/t13-,14-/m0/s1. The molecule has 1 saturated carbocycles. The second-order valence-corrected chi connectivity index (χ2v) is 7.97. The fourth-order valence-corrected chi connectivity index (χ4v) is 4.03. The molecule has 3 rings (SSSR count). The normalized spacial score (nSPS) is 17.4. The predicted molar refractivity (Wildman–Crippen MR) is 98.5 cm³/mol. The van der Waals surface area contributed by atoms with E-state index in [2.05, 4.69) is 39.9 Å². The van der Waals surface area contributed by atoms with Crippen molar-refractivity contribution in [2.45, 2.75) is 61.9 Å². The van der Waals surface area contributed by atoms with E-state index in [-0.39, 0.29) is 17.1 Å². The first kappa shape index (κ1) is 17.9. The maximum absolute atomic E-state index is 12.4. The average Bonchev–Trinajstić information content (AvgIpc) is 3.31. The van der Waals surface area contributed by atoms with E-state index in [0.29, 0.717) is 12.6 Å². The van der Waals surface area contributed by atoms with Crippen LogP contribution in [0.15, 0.2) is 35.5 Å². The molecule has 7 heteroatoms. The van der Waals surface area contributed by atoms with Crippen LogP contribution in [0.3, 0.4) is 0 Å². The second kappa shape index (κ2) is 8.47. The summed E-state index contributed by atoms with van der Waals surface area (Å²) < 4.78 is 1.90. The lowest BCUT2D eigenvalue weighted by Gasteiger charge is -2.16. The number of nitrogens with zero attached hydrogens (tertiary/aromatic N) is 4. The fourth-order valence-electron chi connectivity index (χ4n) is 3.15. The number of carbonyl (C=O) groups excluding carboxylic acids is 1. The summed E-state index contributed by atoms with van der Waals surface area (Å²) in [5.41, 5.74) is 1.23. The van der Waals surface area contributed by atoms with Gasteiger partial charge in [0.15, 0.2) is 0 Å². The van der Waals surface area contributed by atoms with Crippen LogP contribution in [-0.4, -0.2) is 37.9 Å². The highest BCUT2D eigenvalue weighted by atomic mass is 32.2. The summed E-state index contributed by atoms with van der Waals surface area (Å²) in [6.07, 6.45) is 4.69. The van der Waals surface area contributed by atoms with Gasteiger partial charge in [0, 0.05) is 6.54 Å². The van der Waals surface area contributed by atoms with E-state index in [4.69, 9.17) is 0 Å². The molecule has 1 heterocycles. The van der Waals surface area contributed by atoms with Crippen molar-refractivity contribution in [3.63, 3.8) is 0 Å². The smallest absolute Gasteiger partial charge is 0.233 e. The third-order valence-electron chi connectivity index (χ3n) is 4.74. The summed E-state index contributed by atoms with van der Waals surface area (Å²) in [5, 5.41) is 15.6. The van der Waals surface area contributed by atoms with Crippen LogP contribution in [-0.2, 0) is 4.79 Å². The van der Waals surface area contributed by atoms with E-state index < -0.39 is 0 Å². The highest BCUT2D eigenvalue weighted by molar-refractivity contribution is 8.00. The van der Waals surface area contributed by atoms with Gasteiger partial charge in [0.05, 0.1) is 11.3 Å². The van der Waals surface area contributed by atoms with Gasteiger partial charge in [-0.15, -0.1) is 5.10 Å². The van der Waals surface area contributed by atoms with Crippen LogP contribution in [0.25, 0.3) is 0 Å². The molecule has 6 nitrogen and oxygen atoms in total. The molecular weight excluding hydrogens is 334 g/mol. The SMILES string of the molecule is C[C@H](Sc1nnnn1C1CCCC1)C(=O)NC[C@H](C)c1ccccc1. The van der Waals surface area contributed by atoms with Crippen LogP contribution in [0.4, 0.5) is 0 Å². The van der Waals surface area contributed by atoms with Crippen molar-refractivity contribution in [2.24, 2.45) is 0 Å². The number of hydrogen-bond donors (Lipinski definition) is 1. The van der Waals surface area contributed by atoms with Crippen molar-refractivity contribution in [1.29, 1.82) is 0 Å². The Morgan fingerprint density at radius 1 is 1.28 bits per heavy atom. The molecule has 0 aliphatic heterocycles. The molecule has 1 aliphatic rings. The summed E-state index contributed by atoms with van der Waals surface area (Å²) >= 11 is 1.43. The maximum Gasteiger partial charge on any atom is 0.233 e. The minimum atomic E-state index is -0.228. The van der Waals surface area contributed by atoms with Gasteiger partial charge < -0.3 is 5.32 Å². The molecule has 1 aromatic heterocycles. The van der Waals surface area contributed by atoms with Crippen molar-refractivity contribution >= 4 is 17.7 Å². The van der Waals surface area contributed by atoms with Gasteiger partial charge in [-0.05, 0) is 41.7 Å². The van der Waals surface area contributed by atoms with Gasteiger partial charge in [-0.1, -0.05) is 61.9 Å². The number of thioether (sulfide) groups is 1. The second-order valence-electron chi connectivity index (χ2n) is 6.66. The van der Waals surface area contributed by atoms with Gasteiger partial charge in [0.25, 0.3) is 0 Å². The van der Waals surface area contributed by atoms with Gasteiger partial charge in [0.1, 0.15) is 0 Å². The predicted octanol–water partition coefficient (Wildman–Crippen LogP) is 3.19. The van der Waals surface area contributed by atoms with Crippen LogP contribution in [0.1, 0.15) is 57.1 Å². The van der Waals surface area contributed by atoms with Crippen LogP contribution in [0.5, 0.6) is 0 Å². The minimum absolute atomic E-state index is 0.0220. The molecule has 25 heavy (non-hydrogen) atoms. The van der Waals surface area contributed by atoms with Crippen LogP contribution in [0.2, 0.25) is 0 Å². The Kier molecular flexibility index (Phi) is 6.07. The summed E-state index contributed by atoms with van der Waals surface area (Å²) in [7, 11) is 0. The lowest BCUT2D eigenvalue weighted by molar-refractivity contribution is -0.120. The number of aromatic nitrogens is 4. The molecule has 134 valence electrons. The van der Waals surface area contributed by atoms with Crippen molar-refractivity contribution in [1.82, 2.24) is 25.5 Å². The summed E-state index contributed by atoms with van der Waals surface area (Å²) in [6, 6.07) is 10.6. The molecular formula is C18H25N5OS. The van der Waals surface area contributed by atoms with Crippen molar-refractivity contribution in [3.8, 4) is 0 Å². The van der Waals surface area contributed by atoms with Gasteiger partial charge in [0.2, 0.25) is 11.1 Å². The number of hydrogen-bond acceptors (Lipinski definition) is 5. The molecule has 2 aromatic rings. The maximum atomic E-state index is 12.4.